The number of esters is 1. The minimum atomic E-state index is -0.673. The summed E-state index contributed by atoms with van der Waals surface area (Å²) in [6.45, 7) is 2.22. The number of aromatic hydroxyl groups is 1. The van der Waals surface area contributed by atoms with Gasteiger partial charge in [0, 0.05) is 18.9 Å². The summed E-state index contributed by atoms with van der Waals surface area (Å²) in [7, 11) is 0. The first kappa shape index (κ1) is 18.2. The molecule has 6 heteroatoms. The number of benzene rings is 1. The van der Waals surface area contributed by atoms with E-state index in [1.807, 2.05) is 0 Å². The summed E-state index contributed by atoms with van der Waals surface area (Å²) >= 11 is 0. The van der Waals surface area contributed by atoms with Crippen LogP contribution in [0.25, 0.3) is 6.08 Å². The number of carbonyl (C=O) groups is 2. The molecule has 1 aromatic carbocycles. The van der Waals surface area contributed by atoms with Gasteiger partial charge < -0.3 is 15.2 Å². The predicted molar refractivity (Wildman–Crippen MR) is 93.7 cm³/mol. The van der Waals surface area contributed by atoms with Crippen LogP contribution in [0, 0.1) is 0 Å². The van der Waals surface area contributed by atoms with Gasteiger partial charge in [0.15, 0.2) is 0 Å². The topological polar surface area (TPSA) is 88.5 Å². The Morgan fingerprint density at radius 1 is 1.24 bits per heavy atom. The lowest BCUT2D eigenvalue weighted by atomic mass is 10.1. The molecule has 6 nitrogen and oxygen atoms in total. The minimum Gasteiger partial charge on any atom is -0.508 e. The van der Waals surface area contributed by atoms with E-state index in [9.17, 15) is 14.7 Å². The molecular weight excluding hydrogens is 320 g/mol. The molecule has 0 aliphatic heterocycles. The molecule has 1 aromatic heterocycles. The van der Waals surface area contributed by atoms with Gasteiger partial charge in [-0.1, -0.05) is 18.2 Å². The fourth-order valence-electron chi connectivity index (χ4n) is 2.13. The molecule has 0 aliphatic rings. The molecule has 2 N–H and O–H groups in total. The normalized spacial score (nSPS) is 11.0. The highest BCUT2D eigenvalue weighted by Crippen LogP contribution is 2.10. The summed E-state index contributed by atoms with van der Waals surface area (Å²) in [5.41, 5.74) is 1.53. The summed E-state index contributed by atoms with van der Waals surface area (Å²) in [5.74, 6) is -0.980. The molecule has 2 rings (SSSR count). The van der Waals surface area contributed by atoms with Crippen molar-refractivity contribution in [3.63, 3.8) is 0 Å². The largest absolute Gasteiger partial charge is 0.508 e. The maximum absolute atomic E-state index is 12.4. The van der Waals surface area contributed by atoms with Crippen molar-refractivity contribution in [2.45, 2.75) is 13.3 Å². The van der Waals surface area contributed by atoms with Gasteiger partial charge >= 0.3 is 5.97 Å². The summed E-state index contributed by atoms with van der Waals surface area (Å²) in [5, 5.41) is 12.0. The maximum atomic E-state index is 12.4. The molecule has 1 heterocycles. The van der Waals surface area contributed by atoms with Crippen molar-refractivity contribution < 1.29 is 19.4 Å². The highest BCUT2D eigenvalue weighted by molar-refractivity contribution is 6.19. The van der Waals surface area contributed by atoms with E-state index in [0.29, 0.717) is 18.5 Å². The van der Waals surface area contributed by atoms with E-state index in [0.717, 1.165) is 5.56 Å². The first-order chi connectivity index (χ1) is 12.1. The molecule has 25 heavy (non-hydrogen) atoms. The number of nitrogens with one attached hydrogen (secondary N) is 1. The van der Waals surface area contributed by atoms with E-state index >= 15 is 0 Å². The predicted octanol–water partition coefficient (Wildman–Crippen LogP) is 2.09. The third-order valence-electron chi connectivity index (χ3n) is 3.37. The fraction of sp³-hybridized carbons (Fsp3) is 0.211. The van der Waals surface area contributed by atoms with Crippen LogP contribution < -0.4 is 5.32 Å². The third-order valence-corrected chi connectivity index (χ3v) is 3.37. The minimum absolute atomic E-state index is 0.0689. The Morgan fingerprint density at radius 2 is 2.00 bits per heavy atom. The van der Waals surface area contributed by atoms with Crippen molar-refractivity contribution in [3.05, 3.63) is 65.5 Å². The molecule has 0 aliphatic carbocycles. The van der Waals surface area contributed by atoms with Crippen molar-refractivity contribution in [1.82, 2.24) is 10.3 Å². The number of amides is 1. The first-order valence-corrected chi connectivity index (χ1v) is 7.95. The van der Waals surface area contributed by atoms with Crippen molar-refractivity contribution >= 4 is 18.0 Å². The molecule has 0 saturated carbocycles. The standard InChI is InChI=1S/C19H20N2O4/c1-2-25-19(24)17(12-15-4-3-10-20-13-15)18(23)21-11-9-14-5-7-16(22)8-6-14/h3-8,10,12-13,22H,2,9,11H2,1H3,(H,21,23)/b17-12-. The monoisotopic (exact) mass is 340 g/mol. The van der Waals surface area contributed by atoms with Gasteiger partial charge in [-0.3, -0.25) is 9.78 Å². The summed E-state index contributed by atoms with van der Waals surface area (Å²) < 4.78 is 4.96. The Bertz CT molecular complexity index is 740. The lowest BCUT2D eigenvalue weighted by Gasteiger charge is -2.09. The van der Waals surface area contributed by atoms with Crippen LogP contribution in [-0.2, 0) is 20.7 Å². The van der Waals surface area contributed by atoms with E-state index in [1.54, 1.807) is 55.7 Å². The SMILES string of the molecule is CCOC(=O)/C(=C\c1cccnc1)C(=O)NCCc1ccc(O)cc1. The van der Waals surface area contributed by atoms with E-state index in [-0.39, 0.29) is 17.9 Å². The highest BCUT2D eigenvalue weighted by Gasteiger charge is 2.19. The summed E-state index contributed by atoms with van der Waals surface area (Å²) in [4.78, 5) is 28.4. The molecule has 0 unspecified atom stereocenters. The summed E-state index contributed by atoms with van der Waals surface area (Å²) in [6, 6.07) is 10.2. The lowest BCUT2D eigenvalue weighted by molar-refractivity contribution is -0.140. The Labute approximate surface area is 146 Å². The summed E-state index contributed by atoms with van der Waals surface area (Å²) in [6.07, 6.45) is 5.21. The van der Waals surface area contributed by atoms with Gasteiger partial charge in [-0.05, 0) is 48.7 Å². The number of aromatic nitrogens is 1. The average molecular weight is 340 g/mol. The number of ether oxygens (including phenoxy) is 1. The number of carbonyl (C=O) groups excluding carboxylic acids is 2. The van der Waals surface area contributed by atoms with Gasteiger partial charge in [0.2, 0.25) is 0 Å². The molecule has 2 aromatic rings. The Balaban J connectivity index is 2.03. The van der Waals surface area contributed by atoms with Gasteiger partial charge in [0.05, 0.1) is 6.61 Å². The van der Waals surface area contributed by atoms with E-state index < -0.39 is 11.9 Å². The Hall–Kier alpha value is -3.15. The maximum Gasteiger partial charge on any atom is 0.343 e. The lowest BCUT2D eigenvalue weighted by Crippen LogP contribution is -2.31. The van der Waals surface area contributed by atoms with Crippen molar-refractivity contribution in [2.24, 2.45) is 0 Å². The number of phenols is 1. The zero-order valence-corrected chi connectivity index (χ0v) is 13.9. The molecular formula is C19H20N2O4. The second kappa shape index (κ2) is 9.22. The third kappa shape index (κ3) is 5.76. The molecule has 0 fully saturated rings. The van der Waals surface area contributed by atoms with Crippen molar-refractivity contribution in [1.29, 1.82) is 0 Å². The molecule has 1 amide bonds. The van der Waals surface area contributed by atoms with Gasteiger partial charge in [-0.25, -0.2) is 4.79 Å². The number of hydrogen-bond acceptors (Lipinski definition) is 5. The van der Waals surface area contributed by atoms with E-state index in [1.165, 1.54) is 6.08 Å². The molecule has 0 spiro atoms. The van der Waals surface area contributed by atoms with Crippen molar-refractivity contribution in [3.8, 4) is 5.75 Å². The van der Waals surface area contributed by atoms with Crippen LogP contribution >= 0.6 is 0 Å². The molecule has 0 bridgehead atoms. The van der Waals surface area contributed by atoms with Crippen LogP contribution in [0.15, 0.2) is 54.4 Å². The van der Waals surface area contributed by atoms with E-state index in [2.05, 4.69) is 10.3 Å². The van der Waals surface area contributed by atoms with Gasteiger partial charge in [0.1, 0.15) is 11.3 Å². The zero-order valence-electron chi connectivity index (χ0n) is 13.9. The quantitative estimate of drug-likeness (QED) is 0.349. The Morgan fingerprint density at radius 3 is 2.64 bits per heavy atom. The van der Waals surface area contributed by atoms with Gasteiger partial charge in [0.25, 0.3) is 5.91 Å². The fourth-order valence-corrected chi connectivity index (χ4v) is 2.13. The van der Waals surface area contributed by atoms with Crippen LogP contribution in [0.1, 0.15) is 18.1 Å². The van der Waals surface area contributed by atoms with Gasteiger partial charge in [-0.15, -0.1) is 0 Å². The van der Waals surface area contributed by atoms with Crippen LogP contribution in [-0.4, -0.2) is 35.1 Å². The second-order valence-electron chi connectivity index (χ2n) is 5.24. The van der Waals surface area contributed by atoms with E-state index in [4.69, 9.17) is 4.74 Å². The number of nitrogens with zero attached hydrogens (tertiary/aromatic N) is 1. The Kier molecular flexibility index (Phi) is 6.71. The second-order valence-corrected chi connectivity index (χ2v) is 5.24. The highest BCUT2D eigenvalue weighted by atomic mass is 16.5. The molecule has 0 atom stereocenters. The number of rotatable bonds is 7. The molecule has 130 valence electrons. The number of hydrogen-bond donors (Lipinski definition) is 2. The first-order valence-electron chi connectivity index (χ1n) is 7.95. The smallest absolute Gasteiger partial charge is 0.343 e. The number of phenolic OH excluding ortho intramolecular Hbond substituents is 1. The molecule has 0 radical (unpaired) electrons. The van der Waals surface area contributed by atoms with Gasteiger partial charge in [-0.2, -0.15) is 0 Å². The average Bonchev–Trinajstić information content (AvgIpc) is 2.62. The van der Waals surface area contributed by atoms with Crippen LogP contribution in [0.3, 0.4) is 0 Å². The number of pyridine rings is 1. The van der Waals surface area contributed by atoms with Crippen molar-refractivity contribution in [2.75, 3.05) is 13.2 Å². The van der Waals surface area contributed by atoms with Crippen LogP contribution in [0.5, 0.6) is 5.75 Å². The molecule has 0 saturated heterocycles. The van der Waals surface area contributed by atoms with Crippen LogP contribution in [0.4, 0.5) is 0 Å². The van der Waals surface area contributed by atoms with Crippen LogP contribution in [0.2, 0.25) is 0 Å². The zero-order chi connectivity index (χ0) is 18.1.